The van der Waals surface area contributed by atoms with Gasteiger partial charge >= 0.3 is 0 Å². The van der Waals surface area contributed by atoms with Crippen LogP contribution in [0.3, 0.4) is 0 Å². The van der Waals surface area contributed by atoms with Crippen molar-refractivity contribution < 1.29 is 0 Å². The molecule has 0 amide bonds. The van der Waals surface area contributed by atoms with Gasteiger partial charge in [-0.15, -0.1) is 0 Å². The first-order valence-electron chi connectivity index (χ1n) is 15.3. The molecule has 193 valence electrons. The van der Waals surface area contributed by atoms with E-state index < -0.39 is 0 Å². The molecule has 0 nitrogen and oxygen atoms in total. The largest absolute Gasteiger partial charge is 0.157 e. The Balaban J connectivity index is 2.98. The minimum Gasteiger partial charge on any atom is -0.157 e. The van der Waals surface area contributed by atoms with Gasteiger partial charge in [0.2, 0.25) is 0 Å². The van der Waals surface area contributed by atoms with E-state index in [-0.39, 0.29) is 0 Å². The maximum Gasteiger partial charge on any atom is 0.0166 e. The van der Waals surface area contributed by atoms with Gasteiger partial charge in [0.25, 0.3) is 0 Å². The molecule has 0 unspecified atom stereocenters. The summed E-state index contributed by atoms with van der Waals surface area (Å²) in [6.45, 7) is 4.57. The molecule has 0 aromatic heterocycles. The number of hydrogen-bond acceptors (Lipinski definition) is 1. The van der Waals surface area contributed by atoms with Gasteiger partial charge < -0.3 is 0 Å². The fraction of sp³-hybridized carbons (Fsp3) is 0.968. The maximum atomic E-state index is 2.43. The minimum atomic E-state index is 1.30. The third-order valence-electron chi connectivity index (χ3n) is 6.87. The van der Waals surface area contributed by atoms with Gasteiger partial charge in [0.1, 0.15) is 0 Å². The van der Waals surface area contributed by atoms with Gasteiger partial charge in [0.15, 0.2) is 0 Å². The first-order chi connectivity index (χ1) is 15.9. The Hall–Kier alpha value is 0.350. The minimum absolute atomic E-state index is 1.30. The van der Waals surface area contributed by atoms with E-state index in [0.717, 1.165) is 0 Å². The number of hydrogen-bond donors (Lipinski definition) is 0. The van der Waals surface area contributed by atoms with Crippen molar-refractivity contribution in [2.75, 3.05) is 5.75 Å². The fourth-order valence-electron chi connectivity index (χ4n) is 4.65. The molecule has 1 radical (unpaired) electrons. The highest BCUT2D eigenvalue weighted by atomic mass is 32.2. The summed E-state index contributed by atoms with van der Waals surface area (Å²) in [7, 11) is 0. The third kappa shape index (κ3) is 30.4. The summed E-state index contributed by atoms with van der Waals surface area (Å²) in [6, 6.07) is 0. The van der Waals surface area contributed by atoms with Crippen LogP contribution in [0.4, 0.5) is 0 Å². The summed E-state index contributed by atoms with van der Waals surface area (Å²) < 4.78 is 0. The first kappa shape index (κ1) is 32.4. The third-order valence-corrected chi connectivity index (χ3v) is 7.98. The molecule has 0 aliphatic rings. The van der Waals surface area contributed by atoms with Gasteiger partial charge in [-0.05, 0) is 18.6 Å². The lowest BCUT2D eigenvalue weighted by Gasteiger charge is -2.04. The Kier molecular flexibility index (Phi) is 31.7. The smallest absolute Gasteiger partial charge is 0.0166 e. The van der Waals surface area contributed by atoms with Crippen molar-refractivity contribution >= 4 is 11.8 Å². The Morgan fingerprint density at radius 3 is 0.906 bits per heavy atom. The van der Waals surface area contributed by atoms with Crippen molar-refractivity contribution in [3.8, 4) is 0 Å². The second kappa shape index (κ2) is 31.4. The number of thioether (sulfide) groups is 1. The molecule has 0 fully saturated rings. The summed E-state index contributed by atoms with van der Waals surface area (Å²) in [4.78, 5) is 0. The fourth-order valence-corrected chi connectivity index (χ4v) is 5.39. The van der Waals surface area contributed by atoms with Crippen molar-refractivity contribution in [3.63, 3.8) is 0 Å². The molecule has 32 heavy (non-hydrogen) atoms. The van der Waals surface area contributed by atoms with E-state index in [2.05, 4.69) is 19.6 Å². The van der Waals surface area contributed by atoms with Crippen molar-refractivity contribution in [1.82, 2.24) is 0 Å². The zero-order valence-electron chi connectivity index (χ0n) is 22.8. The summed E-state index contributed by atoms with van der Waals surface area (Å²) in [5, 5.41) is 0. The average molecular weight is 468 g/mol. The molecule has 0 rings (SSSR count). The molecule has 0 heterocycles. The van der Waals surface area contributed by atoms with Crippen LogP contribution < -0.4 is 0 Å². The summed E-state index contributed by atoms with van der Waals surface area (Å²) >= 11 is 2.02. The standard InChI is InChI=1S/C31H63S/c1-3-5-6-7-8-9-10-11-12-13-14-15-16-17-18-19-20-21-22-23-24-25-26-27-28-29-31-32-30-4-2/h31H,3-30H2,1-2H3. The zero-order valence-corrected chi connectivity index (χ0v) is 23.6. The van der Waals surface area contributed by atoms with E-state index in [9.17, 15) is 0 Å². The van der Waals surface area contributed by atoms with Gasteiger partial charge in [-0.2, -0.15) is 11.8 Å². The van der Waals surface area contributed by atoms with Crippen LogP contribution in [-0.2, 0) is 0 Å². The Labute approximate surface area is 210 Å². The van der Waals surface area contributed by atoms with E-state index in [1.807, 2.05) is 11.8 Å². The van der Waals surface area contributed by atoms with Crippen LogP contribution in [0, 0.1) is 5.75 Å². The van der Waals surface area contributed by atoms with Crippen LogP contribution >= 0.6 is 11.8 Å². The van der Waals surface area contributed by atoms with E-state index in [4.69, 9.17) is 0 Å². The van der Waals surface area contributed by atoms with E-state index in [1.165, 1.54) is 179 Å². The Bertz CT molecular complexity index is 271. The molecule has 0 aliphatic carbocycles. The van der Waals surface area contributed by atoms with E-state index in [0.29, 0.717) is 0 Å². The SMILES string of the molecule is CCCCCCCCCCCCCCCCCCCCCCCCCCC[CH]SCCC. The van der Waals surface area contributed by atoms with E-state index in [1.54, 1.807) is 0 Å². The monoisotopic (exact) mass is 467 g/mol. The quantitative estimate of drug-likeness (QED) is 0.0985. The molecule has 1 heteroatoms. The lowest BCUT2D eigenvalue weighted by atomic mass is 10.0. The molecule has 0 N–H and O–H groups in total. The van der Waals surface area contributed by atoms with Gasteiger partial charge in [-0.3, -0.25) is 0 Å². The molecule has 0 aliphatic heterocycles. The number of unbranched alkanes of at least 4 members (excludes halogenated alkanes) is 25. The lowest BCUT2D eigenvalue weighted by Crippen LogP contribution is -1.85. The highest BCUT2D eigenvalue weighted by molar-refractivity contribution is 8.01. The molecule has 0 atom stereocenters. The molecule has 0 spiro atoms. The van der Waals surface area contributed by atoms with Crippen LogP contribution in [-0.4, -0.2) is 5.75 Å². The summed E-state index contributed by atoms with van der Waals surface area (Å²) in [5.74, 6) is 3.74. The van der Waals surface area contributed by atoms with E-state index >= 15 is 0 Å². The van der Waals surface area contributed by atoms with Crippen molar-refractivity contribution in [2.45, 2.75) is 187 Å². The van der Waals surface area contributed by atoms with Crippen molar-refractivity contribution in [3.05, 3.63) is 5.75 Å². The molecule has 0 aromatic carbocycles. The van der Waals surface area contributed by atoms with Gasteiger partial charge in [0, 0.05) is 5.75 Å². The van der Waals surface area contributed by atoms with Gasteiger partial charge in [0.05, 0.1) is 0 Å². The lowest BCUT2D eigenvalue weighted by molar-refractivity contribution is 0.516. The predicted molar refractivity (Wildman–Crippen MR) is 153 cm³/mol. The molecular weight excluding hydrogens is 404 g/mol. The van der Waals surface area contributed by atoms with Crippen LogP contribution in [0.1, 0.15) is 187 Å². The number of rotatable bonds is 29. The van der Waals surface area contributed by atoms with Gasteiger partial charge in [-0.25, -0.2) is 0 Å². The molecule has 0 saturated carbocycles. The average Bonchev–Trinajstić information content (AvgIpc) is 2.81. The van der Waals surface area contributed by atoms with Crippen LogP contribution in [0.5, 0.6) is 0 Å². The zero-order chi connectivity index (χ0) is 23.2. The molecule has 0 saturated heterocycles. The van der Waals surface area contributed by atoms with Crippen LogP contribution in [0.25, 0.3) is 0 Å². The molecule has 0 bridgehead atoms. The van der Waals surface area contributed by atoms with Crippen LogP contribution in [0.15, 0.2) is 0 Å². The first-order valence-corrected chi connectivity index (χ1v) is 16.4. The molecule has 0 aromatic rings. The van der Waals surface area contributed by atoms with Crippen LogP contribution in [0.2, 0.25) is 0 Å². The van der Waals surface area contributed by atoms with Crippen molar-refractivity contribution in [1.29, 1.82) is 0 Å². The predicted octanol–water partition coefficient (Wildman–Crippen LogP) is 12.5. The van der Waals surface area contributed by atoms with Gasteiger partial charge in [-0.1, -0.05) is 174 Å². The maximum absolute atomic E-state index is 2.43. The van der Waals surface area contributed by atoms with Crippen molar-refractivity contribution in [2.24, 2.45) is 0 Å². The second-order valence-electron chi connectivity index (χ2n) is 10.3. The Morgan fingerprint density at radius 1 is 0.344 bits per heavy atom. The normalized spacial score (nSPS) is 11.4. The summed E-state index contributed by atoms with van der Waals surface area (Å²) in [5.41, 5.74) is 0. The highest BCUT2D eigenvalue weighted by Crippen LogP contribution is 2.17. The summed E-state index contributed by atoms with van der Waals surface area (Å²) in [6.07, 6.45) is 39.5. The Morgan fingerprint density at radius 2 is 0.625 bits per heavy atom. The second-order valence-corrected chi connectivity index (χ2v) is 11.4. The topological polar surface area (TPSA) is 0 Å². The molecular formula is C31H63S. The highest BCUT2D eigenvalue weighted by Gasteiger charge is 1.96.